The van der Waals surface area contributed by atoms with Crippen molar-refractivity contribution in [2.75, 3.05) is 0 Å². The fraction of sp³-hybridized carbons (Fsp3) is 0.130. The Morgan fingerprint density at radius 3 is 2.50 bits per heavy atom. The van der Waals surface area contributed by atoms with E-state index in [1.54, 1.807) is 11.3 Å². The van der Waals surface area contributed by atoms with Gasteiger partial charge >= 0.3 is 0 Å². The first-order valence-corrected chi connectivity index (χ1v) is 10.1. The second-order valence-corrected chi connectivity index (χ2v) is 7.67. The molecule has 1 N–H and O–H groups in total. The van der Waals surface area contributed by atoms with Crippen LogP contribution in [-0.2, 0) is 0 Å². The zero-order valence-corrected chi connectivity index (χ0v) is 17.0. The van der Waals surface area contributed by atoms with Crippen molar-refractivity contribution in [1.29, 1.82) is 0 Å². The molecule has 0 aliphatic carbocycles. The number of H-pyrrole nitrogens is 1. The summed E-state index contributed by atoms with van der Waals surface area (Å²) in [5.74, 6) is 0. The van der Waals surface area contributed by atoms with Gasteiger partial charge in [0.15, 0.2) is 0 Å². The monoisotopic (exact) mass is 386 g/mol. The minimum absolute atomic E-state index is 0.833. The normalized spacial score (nSPS) is 12.2. The average Bonchev–Trinajstić information content (AvgIpc) is 3.34. The highest BCUT2D eigenvalue weighted by Gasteiger charge is 2.09. The van der Waals surface area contributed by atoms with Gasteiger partial charge in [0.2, 0.25) is 4.80 Å². The van der Waals surface area contributed by atoms with Crippen molar-refractivity contribution in [1.82, 2.24) is 9.66 Å². The van der Waals surface area contributed by atoms with Crippen LogP contribution >= 0.6 is 11.3 Å². The third-order valence-electron chi connectivity index (χ3n) is 4.68. The highest BCUT2D eigenvalue weighted by atomic mass is 32.1. The number of hydrogen-bond acceptors (Lipinski definition) is 3. The van der Waals surface area contributed by atoms with Gasteiger partial charge in [-0.25, -0.2) is 9.67 Å². The number of nitrogens with zero attached hydrogens (tertiary/aromatic N) is 3. The van der Waals surface area contributed by atoms with E-state index in [0.717, 1.165) is 27.4 Å². The number of hydrogen-bond donors (Lipinski definition) is 1. The lowest BCUT2D eigenvalue weighted by atomic mass is 10.1. The van der Waals surface area contributed by atoms with Crippen LogP contribution in [-0.4, -0.2) is 15.9 Å². The van der Waals surface area contributed by atoms with E-state index in [4.69, 9.17) is 10.1 Å². The van der Waals surface area contributed by atoms with Crippen LogP contribution in [0.1, 0.15) is 22.4 Å². The molecule has 0 amide bonds. The quantitative estimate of drug-likeness (QED) is 0.445. The van der Waals surface area contributed by atoms with Crippen LogP contribution in [0.15, 0.2) is 76.3 Å². The van der Waals surface area contributed by atoms with E-state index in [0.29, 0.717) is 0 Å². The minimum Gasteiger partial charge on any atom is -0.360 e. The van der Waals surface area contributed by atoms with E-state index in [-0.39, 0.29) is 0 Å². The van der Waals surface area contributed by atoms with E-state index in [1.165, 1.54) is 16.7 Å². The zero-order valence-electron chi connectivity index (χ0n) is 16.2. The number of nitrogens with one attached hydrogen (secondary N) is 1. The standard InChI is InChI=1S/C23H22N4S/c1-16-6-10-20(11-7-16)26-23-27(25-14-21-5-4-12-24-21)22(15-28-23)19-9-8-17(2)18(3)13-19/h4-15,24H,1-3H3. The number of rotatable bonds is 4. The minimum atomic E-state index is 0.833. The van der Waals surface area contributed by atoms with Crippen molar-refractivity contribution >= 4 is 23.2 Å². The molecule has 0 spiro atoms. The van der Waals surface area contributed by atoms with Gasteiger partial charge < -0.3 is 4.98 Å². The van der Waals surface area contributed by atoms with Crippen molar-refractivity contribution < 1.29 is 0 Å². The van der Waals surface area contributed by atoms with Gasteiger partial charge in [-0.3, -0.25) is 0 Å². The van der Waals surface area contributed by atoms with Crippen molar-refractivity contribution in [3.05, 3.63) is 93.4 Å². The molecule has 5 heteroatoms. The van der Waals surface area contributed by atoms with Crippen LogP contribution in [0.3, 0.4) is 0 Å². The van der Waals surface area contributed by atoms with Crippen LogP contribution < -0.4 is 4.80 Å². The summed E-state index contributed by atoms with van der Waals surface area (Å²) < 4.78 is 1.91. The molecule has 0 aliphatic heterocycles. The molecular weight excluding hydrogens is 364 g/mol. The molecule has 4 nitrogen and oxygen atoms in total. The maximum Gasteiger partial charge on any atom is 0.211 e. The highest BCUT2D eigenvalue weighted by molar-refractivity contribution is 7.07. The molecule has 0 radical (unpaired) electrons. The third kappa shape index (κ3) is 3.89. The van der Waals surface area contributed by atoms with Crippen LogP contribution in [0.5, 0.6) is 0 Å². The van der Waals surface area contributed by atoms with Crippen molar-refractivity contribution in [2.45, 2.75) is 20.8 Å². The Bertz CT molecular complexity index is 1180. The van der Waals surface area contributed by atoms with Gasteiger partial charge in [0.25, 0.3) is 0 Å². The number of aromatic amines is 1. The van der Waals surface area contributed by atoms with Crippen molar-refractivity contribution in [2.24, 2.45) is 10.1 Å². The van der Waals surface area contributed by atoms with Crippen LogP contribution in [0, 0.1) is 20.8 Å². The second kappa shape index (κ2) is 7.82. The summed E-state index contributed by atoms with van der Waals surface area (Å²) in [7, 11) is 0. The molecule has 0 fully saturated rings. The Balaban J connectivity index is 1.85. The molecular formula is C23H22N4S. The first-order chi connectivity index (χ1) is 13.6. The Morgan fingerprint density at radius 2 is 1.79 bits per heavy atom. The van der Waals surface area contributed by atoms with Gasteiger partial charge in [-0.05, 0) is 62.2 Å². The van der Waals surface area contributed by atoms with Crippen LogP contribution in [0.25, 0.3) is 11.3 Å². The first-order valence-electron chi connectivity index (χ1n) is 9.17. The summed E-state index contributed by atoms with van der Waals surface area (Å²) in [5.41, 5.74) is 7.80. The van der Waals surface area contributed by atoms with Gasteiger partial charge in [0.1, 0.15) is 0 Å². The molecule has 0 bridgehead atoms. The topological polar surface area (TPSA) is 45.4 Å². The Kier molecular flexibility index (Phi) is 5.08. The Labute approximate surface area is 168 Å². The first kappa shape index (κ1) is 18.2. The molecule has 0 saturated carbocycles. The average molecular weight is 387 g/mol. The molecule has 2 aromatic carbocycles. The molecule has 0 saturated heterocycles. The lowest BCUT2D eigenvalue weighted by Gasteiger charge is -2.06. The predicted molar refractivity (Wildman–Crippen MR) is 117 cm³/mol. The summed E-state index contributed by atoms with van der Waals surface area (Å²) in [6, 6.07) is 18.6. The van der Waals surface area contributed by atoms with Gasteiger partial charge in [-0.1, -0.05) is 29.8 Å². The van der Waals surface area contributed by atoms with Gasteiger partial charge in [0.05, 0.1) is 23.3 Å². The maximum atomic E-state index is 4.83. The molecule has 28 heavy (non-hydrogen) atoms. The fourth-order valence-electron chi connectivity index (χ4n) is 2.86. The molecule has 0 atom stereocenters. The molecule has 0 unspecified atom stereocenters. The van der Waals surface area contributed by atoms with E-state index in [9.17, 15) is 0 Å². The third-order valence-corrected chi connectivity index (χ3v) is 5.50. The van der Waals surface area contributed by atoms with E-state index in [1.807, 2.05) is 41.4 Å². The number of aryl methyl sites for hydroxylation is 3. The summed E-state index contributed by atoms with van der Waals surface area (Å²) in [6.07, 6.45) is 3.72. The molecule has 4 rings (SSSR count). The fourth-order valence-corrected chi connectivity index (χ4v) is 3.72. The number of thiazole rings is 1. The molecule has 140 valence electrons. The van der Waals surface area contributed by atoms with E-state index in [2.05, 4.69) is 61.5 Å². The van der Waals surface area contributed by atoms with Gasteiger partial charge in [0, 0.05) is 17.1 Å². The molecule has 2 heterocycles. The lowest BCUT2D eigenvalue weighted by Crippen LogP contribution is -2.11. The largest absolute Gasteiger partial charge is 0.360 e. The predicted octanol–water partition coefficient (Wildman–Crippen LogP) is 5.58. The molecule has 0 aliphatic rings. The molecule has 2 aromatic heterocycles. The SMILES string of the molecule is Cc1ccc(N=c2scc(-c3ccc(C)c(C)c3)n2N=Cc2ccc[nH]2)cc1. The van der Waals surface area contributed by atoms with Crippen LogP contribution in [0.2, 0.25) is 0 Å². The Morgan fingerprint density at radius 1 is 0.964 bits per heavy atom. The lowest BCUT2D eigenvalue weighted by molar-refractivity contribution is 0.854. The molecule has 4 aromatic rings. The second-order valence-electron chi connectivity index (χ2n) is 6.83. The van der Waals surface area contributed by atoms with Gasteiger partial charge in [-0.2, -0.15) is 5.10 Å². The highest BCUT2D eigenvalue weighted by Crippen LogP contribution is 2.23. The van der Waals surface area contributed by atoms with Crippen LogP contribution in [0.4, 0.5) is 5.69 Å². The smallest absolute Gasteiger partial charge is 0.211 e. The van der Waals surface area contributed by atoms with Crippen molar-refractivity contribution in [3.8, 4) is 11.3 Å². The Hall–Kier alpha value is -3.18. The maximum absolute atomic E-state index is 4.83. The number of benzene rings is 2. The van der Waals surface area contributed by atoms with Gasteiger partial charge in [-0.15, -0.1) is 11.3 Å². The number of aromatic nitrogens is 2. The van der Waals surface area contributed by atoms with Crippen molar-refractivity contribution in [3.63, 3.8) is 0 Å². The van der Waals surface area contributed by atoms with E-state index < -0.39 is 0 Å². The summed E-state index contributed by atoms with van der Waals surface area (Å²) in [4.78, 5) is 8.82. The summed E-state index contributed by atoms with van der Waals surface area (Å²) in [5, 5.41) is 6.84. The zero-order chi connectivity index (χ0) is 19.5. The van der Waals surface area contributed by atoms with E-state index >= 15 is 0 Å². The summed E-state index contributed by atoms with van der Waals surface area (Å²) >= 11 is 1.59. The summed E-state index contributed by atoms with van der Waals surface area (Å²) in [6.45, 7) is 6.34.